The Morgan fingerprint density at radius 2 is 1.30 bits per heavy atom. The number of fused-ring (bicyclic) bond motifs is 4. The van der Waals surface area contributed by atoms with E-state index in [-0.39, 0.29) is 51.9 Å². The Bertz CT molecular complexity index is 2770. The van der Waals surface area contributed by atoms with E-state index >= 15 is 0 Å². The number of esters is 1. The second kappa shape index (κ2) is 13.6. The van der Waals surface area contributed by atoms with Crippen molar-refractivity contribution < 1.29 is 23.9 Å². The fourth-order valence-corrected chi connectivity index (χ4v) is 7.61. The number of hydrogen-bond acceptors (Lipinski definition) is 9. The molecule has 16 heteroatoms. The van der Waals surface area contributed by atoms with Gasteiger partial charge in [-0.2, -0.15) is 4.68 Å². The standard InChI is InChI=1S/C40H35N7O9/c1-22(2)19-30(44-34(48)26-17-11-12-18-27(26)35(44)49)36(50)56-32-21-29-28(20-31(32)55-4)33(45-38(52)42(37(51)41-45)24-13-7-5-8-14-24)23(3)46-39(53)43(40(54)47(29)46)25-15-9-6-10-16-25/h5-18,20-23,30,33H,19H2,1-4H3,(H,41,51)/t23-,30?,33-/m0/s1. The molecule has 1 unspecified atom stereocenters. The maximum atomic E-state index is 14.3. The van der Waals surface area contributed by atoms with Crippen LogP contribution in [-0.4, -0.2) is 64.1 Å². The number of aromatic nitrogens is 6. The van der Waals surface area contributed by atoms with Crippen molar-refractivity contribution >= 4 is 17.8 Å². The Balaban J connectivity index is 1.30. The van der Waals surface area contributed by atoms with Crippen LogP contribution in [0.3, 0.4) is 0 Å². The van der Waals surface area contributed by atoms with E-state index < -0.39 is 58.7 Å². The molecule has 56 heavy (non-hydrogen) atoms. The van der Waals surface area contributed by atoms with Crippen LogP contribution in [0.2, 0.25) is 0 Å². The number of ether oxygens (including phenoxy) is 2. The highest BCUT2D eigenvalue weighted by atomic mass is 16.6. The molecule has 4 aromatic carbocycles. The molecule has 2 aliphatic rings. The summed E-state index contributed by atoms with van der Waals surface area (Å²) in [5.41, 5.74) is -1.77. The monoisotopic (exact) mass is 757 g/mol. The molecule has 284 valence electrons. The zero-order chi connectivity index (χ0) is 39.6. The number of rotatable bonds is 9. The number of H-pyrrole nitrogens is 1. The first-order valence-electron chi connectivity index (χ1n) is 17.8. The van der Waals surface area contributed by atoms with Crippen LogP contribution < -0.4 is 32.2 Å². The molecule has 2 aromatic heterocycles. The first-order valence-corrected chi connectivity index (χ1v) is 17.8. The summed E-state index contributed by atoms with van der Waals surface area (Å²) in [7, 11) is 1.32. The quantitative estimate of drug-likeness (QED) is 0.132. The summed E-state index contributed by atoms with van der Waals surface area (Å²) in [5.74, 6) is -2.58. The van der Waals surface area contributed by atoms with Gasteiger partial charge in [0.25, 0.3) is 11.8 Å². The number of imide groups is 1. The van der Waals surface area contributed by atoms with Crippen molar-refractivity contribution in [2.75, 3.05) is 7.11 Å². The Morgan fingerprint density at radius 3 is 1.88 bits per heavy atom. The molecule has 3 atom stereocenters. The second-order valence-corrected chi connectivity index (χ2v) is 14.0. The van der Waals surface area contributed by atoms with Crippen LogP contribution in [0, 0.1) is 5.92 Å². The number of methoxy groups -OCH3 is 1. The number of nitrogens with zero attached hydrogens (tertiary/aromatic N) is 6. The Labute approximate surface area is 316 Å². The zero-order valence-electron chi connectivity index (χ0n) is 30.6. The molecule has 0 fully saturated rings. The third-order valence-electron chi connectivity index (χ3n) is 10.1. The molecule has 2 aliphatic heterocycles. The predicted octanol–water partition coefficient (Wildman–Crippen LogP) is 3.22. The minimum absolute atomic E-state index is 0.0100. The molecule has 0 radical (unpaired) electrons. The summed E-state index contributed by atoms with van der Waals surface area (Å²) in [6.07, 6.45) is 0.0742. The third kappa shape index (κ3) is 5.48. The molecule has 0 saturated heterocycles. The van der Waals surface area contributed by atoms with Crippen molar-refractivity contribution in [3.8, 4) is 28.6 Å². The molecule has 0 saturated carbocycles. The summed E-state index contributed by atoms with van der Waals surface area (Å²) in [6.45, 7) is 5.29. The van der Waals surface area contributed by atoms with Crippen molar-refractivity contribution in [1.82, 2.24) is 33.2 Å². The van der Waals surface area contributed by atoms with Crippen LogP contribution in [0.25, 0.3) is 17.1 Å². The van der Waals surface area contributed by atoms with Crippen molar-refractivity contribution in [2.45, 2.75) is 45.3 Å². The number of benzene rings is 4. The van der Waals surface area contributed by atoms with Gasteiger partial charge in [-0.15, -0.1) is 0 Å². The highest BCUT2D eigenvalue weighted by molar-refractivity contribution is 6.22. The van der Waals surface area contributed by atoms with E-state index in [0.29, 0.717) is 5.69 Å². The maximum Gasteiger partial charge on any atom is 0.356 e. The van der Waals surface area contributed by atoms with Crippen molar-refractivity contribution in [1.29, 1.82) is 0 Å². The van der Waals surface area contributed by atoms with Gasteiger partial charge in [0, 0.05) is 11.6 Å². The van der Waals surface area contributed by atoms with E-state index in [1.54, 1.807) is 79.7 Å². The van der Waals surface area contributed by atoms with Gasteiger partial charge in [-0.25, -0.2) is 47.6 Å². The van der Waals surface area contributed by atoms with Crippen LogP contribution in [0.1, 0.15) is 65.6 Å². The lowest BCUT2D eigenvalue weighted by Gasteiger charge is -2.33. The number of carbonyl (C=O) groups excluding carboxylic acids is 3. The molecule has 16 nitrogen and oxygen atoms in total. The van der Waals surface area contributed by atoms with E-state index in [9.17, 15) is 33.6 Å². The lowest BCUT2D eigenvalue weighted by molar-refractivity contribution is -0.139. The van der Waals surface area contributed by atoms with Gasteiger partial charge in [-0.1, -0.05) is 62.4 Å². The summed E-state index contributed by atoms with van der Waals surface area (Å²) < 4.78 is 17.0. The normalized spacial score (nSPS) is 16.4. The lowest BCUT2D eigenvalue weighted by atomic mass is 9.96. The van der Waals surface area contributed by atoms with Crippen LogP contribution in [0.5, 0.6) is 11.5 Å². The molecule has 6 aromatic rings. The summed E-state index contributed by atoms with van der Waals surface area (Å²) in [6, 6.07) is 22.2. The van der Waals surface area contributed by atoms with E-state index in [0.717, 1.165) is 23.4 Å². The first-order chi connectivity index (χ1) is 26.9. The smallest absolute Gasteiger partial charge is 0.356 e. The molecule has 8 rings (SSSR count). The van der Waals surface area contributed by atoms with E-state index in [1.807, 2.05) is 13.8 Å². The molecular weight excluding hydrogens is 722 g/mol. The highest BCUT2D eigenvalue weighted by Gasteiger charge is 2.45. The molecule has 0 aliphatic carbocycles. The SMILES string of the molecule is COc1cc2c(cc1OC(=O)C(CC(C)C)N1C(=O)c3ccccc3C1=O)-n1c(=O)n(-c3ccccc3)c(=O)n1[C@@H](C)[C@@H]2n1[nH]c(=O)n(-c2ccccc2)c1=O. The first kappa shape index (κ1) is 35.8. The molecule has 0 bridgehead atoms. The zero-order valence-corrected chi connectivity index (χ0v) is 30.6. The number of aromatic amines is 1. The highest BCUT2D eigenvalue weighted by Crippen LogP contribution is 2.42. The van der Waals surface area contributed by atoms with Gasteiger partial charge in [0.2, 0.25) is 0 Å². The van der Waals surface area contributed by atoms with E-state index in [1.165, 1.54) is 36.1 Å². The minimum atomic E-state index is -1.34. The molecule has 0 spiro atoms. The average molecular weight is 758 g/mol. The Hall–Kier alpha value is -7.23. The van der Waals surface area contributed by atoms with E-state index in [2.05, 4.69) is 5.10 Å². The fraction of sp³-hybridized carbons (Fsp3) is 0.225. The van der Waals surface area contributed by atoms with Crippen LogP contribution >= 0.6 is 0 Å². The van der Waals surface area contributed by atoms with Crippen LogP contribution in [0.4, 0.5) is 0 Å². The van der Waals surface area contributed by atoms with Gasteiger partial charge < -0.3 is 9.47 Å². The van der Waals surface area contributed by atoms with Gasteiger partial charge in [0.1, 0.15) is 12.1 Å². The fourth-order valence-electron chi connectivity index (χ4n) is 7.61. The van der Waals surface area contributed by atoms with Crippen molar-refractivity contribution in [3.05, 3.63) is 156 Å². The molecule has 4 heterocycles. The Morgan fingerprint density at radius 1 is 0.732 bits per heavy atom. The summed E-state index contributed by atoms with van der Waals surface area (Å²) in [4.78, 5) is 98.2. The number of hydrogen-bond donors (Lipinski definition) is 1. The van der Waals surface area contributed by atoms with Gasteiger partial charge in [-0.3, -0.25) is 14.5 Å². The van der Waals surface area contributed by atoms with Crippen molar-refractivity contribution in [3.63, 3.8) is 0 Å². The molecule has 1 N–H and O–H groups in total. The summed E-state index contributed by atoms with van der Waals surface area (Å²) >= 11 is 0. The maximum absolute atomic E-state index is 14.3. The van der Waals surface area contributed by atoms with Gasteiger partial charge in [0.05, 0.1) is 41.3 Å². The lowest BCUT2D eigenvalue weighted by Crippen LogP contribution is -2.47. The number of para-hydroxylation sites is 2. The average Bonchev–Trinajstić information content (AvgIpc) is 3.74. The largest absolute Gasteiger partial charge is 0.493 e. The second-order valence-electron chi connectivity index (χ2n) is 14.0. The number of carbonyl (C=O) groups is 3. The van der Waals surface area contributed by atoms with Crippen LogP contribution in [-0.2, 0) is 4.79 Å². The van der Waals surface area contributed by atoms with Gasteiger partial charge in [-0.05, 0) is 61.7 Å². The predicted molar refractivity (Wildman–Crippen MR) is 201 cm³/mol. The van der Waals surface area contributed by atoms with Gasteiger partial charge >= 0.3 is 28.7 Å². The van der Waals surface area contributed by atoms with Crippen molar-refractivity contribution in [2.24, 2.45) is 5.92 Å². The number of nitrogens with one attached hydrogen (secondary N) is 1. The summed E-state index contributed by atoms with van der Waals surface area (Å²) in [5, 5.41) is 2.63. The van der Waals surface area contributed by atoms with Gasteiger partial charge in [0.15, 0.2) is 11.5 Å². The van der Waals surface area contributed by atoms with E-state index in [4.69, 9.17) is 9.47 Å². The molecular formula is C40H35N7O9. The minimum Gasteiger partial charge on any atom is -0.493 e. The third-order valence-corrected chi connectivity index (χ3v) is 10.1. The van der Waals surface area contributed by atoms with Crippen LogP contribution in [0.15, 0.2) is 116 Å². The topological polar surface area (TPSA) is 182 Å². The molecule has 2 amide bonds. The Kier molecular flexibility index (Phi) is 8.67. The number of amides is 2.